The molecule has 7 heavy (non-hydrogen) atoms. The van der Waals surface area contributed by atoms with Crippen molar-refractivity contribution in [2.75, 3.05) is 0 Å². The van der Waals surface area contributed by atoms with Crippen molar-refractivity contribution in [3.05, 3.63) is 0 Å². The second-order valence-corrected chi connectivity index (χ2v) is 1.51. The van der Waals surface area contributed by atoms with Gasteiger partial charge >= 0.3 is 0 Å². The first-order chi connectivity index (χ1) is 3.30. The molecule has 0 aliphatic carbocycles. The topological polar surface area (TPSA) is 41.5 Å². The quantitative estimate of drug-likeness (QED) is 0.445. The third-order valence-corrected chi connectivity index (χ3v) is 0.887. The third-order valence-electron chi connectivity index (χ3n) is 0.887. The Kier molecular flexibility index (Phi) is 0.817. The van der Waals surface area contributed by atoms with Crippen molar-refractivity contribution in [3.8, 4) is 0 Å². The lowest BCUT2D eigenvalue weighted by molar-refractivity contribution is -0.113. The van der Waals surface area contributed by atoms with Crippen molar-refractivity contribution < 1.29 is 4.79 Å². The number of nitrogens with one attached hydrogen (secondary N) is 1. The van der Waals surface area contributed by atoms with E-state index >= 15 is 0 Å². The van der Waals surface area contributed by atoms with Crippen molar-refractivity contribution in [1.82, 2.24) is 5.43 Å². The summed E-state index contributed by atoms with van der Waals surface area (Å²) in [6.07, 6.45) is 1.30. The number of rotatable bonds is 0. The van der Waals surface area contributed by atoms with E-state index < -0.39 is 0 Å². The minimum atomic E-state index is -0.0972. The fraction of sp³-hybridized carbons (Fsp3) is 0.500. The second-order valence-electron chi connectivity index (χ2n) is 1.51. The Hall–Kier alpha value is -0.860. The van der Waals surface area contributed by atoms with E-state index in [1.54, 1.807) is 6.92 Å². The van der Waals surface area contributed by atoms with Gasteiger partial charge in [0.25, 0.3) is 0 Å². The highest BCUT2D eigenvalue weighted by Gasteiger charge is 2.12. The van der Waals surface area contributed by atoms with Crippen LogP contribution in [0.1, 0.15) is 6.92 Å². The Morgan fingerprint density at radius 3 is 2.86 bits per heavy atom. The molecule has 3 heteroatoms. The van der Waals surface area contributed by atoms with Gasteiger partial charge in [-0.3, -0.25) is 10.2 Å². The molecule has 3 nitrogen and oxygen atoms in total. The molecule has 1 aliphatic rings. The minimum absolute atomic E-state index is 0.0556. The lowest BCUT2D eigenvalue weighted by Gasteiger charge is -1.93. The van der Waals surface area contributed by atoms with Crippen LogP contribution in [0.15, 0.2) is 5.10 Å². The molecule has 38 valence electrons. The SMILES string of the molecule is CC1NN=CC1=O. The molecule has 1 atom stereocenters. The average molecular weight is 98.1 g/mol. The van der Waals surface area contributed by atoms with Gasteiger partial charge in [0.05, 0.1) is 6.21 Å². The van der Waals surface area contributed by atoms with Gasteiger partial charge in [-0.05, 0) is 6.92 Å². The molecular weight excluding hydrogens is 92.1 g/mol. The normalized spacial score (nSPS) is 28.1. The van der Waals surface area contributed by atoms with E-state index in [0.717, 1.165) is 0 Å². The summed E-state index contributed by atoms with van der Waals surface area (Å²) in [5.74, 6) is 0.0556. The number of hydrazone groups is 1. The van der Waals surface area contributed by atoms with Crippen LogP contribution in [0.5, 0.6) is 0 Å². The molecule has 0 aromatic rings. The molecule has 0 saturated heterocycles. The van der Waals surface area contributed by atoms with Gasteiger partial charge in [-0.1, -0.05) is 0 Å². The van der Waals surface area contributed by atoms with E-state index in [4.69, 9.17) is 0 Å². The molecule has 0 fully saturated rings. The molecule has 0 spiro atoms. The largest absolute Gasteiger partial charge is 0.299 e. The standard InChI is InChI=1S/C4H6N2O/c1-3-4(7)2-5-6-3/h2-3,6H,1H3. The zero-order chi connectivity index (χ0) is 5.28. The Labute approximate surface area is 41.4 Å². The lowest BCUT2D eigenvalue weighted by atomic mass is 10.3. The molecule has 0 amide bonds. The summed E-state index contributed by atoms with van der Waals surface area (Å²) in [7, 11) is 0. The first-order valence-corrected chi connectivity index (χ1v) is 2.13. The van der Waals surface area contributed by atoms with Crippen LogP contribution in [0.4, 0.5) is 0 Å². The Morgan fingerprint density at radius 2 is 2.71 bits per heavy atom. The van der Waals surface area contributed by atoms with Crippen LogP contribution >= 0.6 is 0 Å². The minimum Gasteiger partial charge on any atom is -0.299 e. The van der Waals surface area contributed by atoms with Gasteiger partial charge < -0.3 is 0 Å². The van der Waals surface area contributed by atoms with Gasteiger partial charge in [0, 0.05) is 0 Å². The molecule has 0 radical (unpaired) electrons. The number of carbonyl (C=O) groups excluding carboxylic acids is 1. The number of hydrogen-bond acceptors (Lipinski definition) is 3. The van der Waals surface area contributed by atoms with Gasteiger partial charge in [-0.25, -0.2) is 0 Å². The van der Waals surface area contributed by atoms with E-state index in [1.165, 1.54) is 6.21 Å². The summed E-state index contributed by atoms with van der Waals surface area (Å²) in [5.41, 5.74) is 2.59. The number of carbonyl (C=O) groups is 1. The van der Waals surface area contributed by atoms with Gasteiger partial charge in [-0.2, -0.15) is 5.10 Å². The molecule has 0 bridgehead atoms. The van der Waals surface area contributed by atoms with E-state index in [0.29, 0.717) is 0 Å². The zero-order valence-corrected chi connectivity index (χ0v) is 4.01. The molecule has 1 aliphatic heterocycles. The molecule has 1 rings (SSSR count). The Bertz CT molecular complexity index is 119. The summed E-state index contributed by atoms with van der Waals surface area (Å²) in [6.45, 7) is 1.77. The van der Waals surface area contributed by atoms with Crippen LogP contribution in [0.3, 0.4) is 0 Å². The first-order valence-electron chi connectivity index (χ1n) is 2.13. The van der Waals surface area contributed by atoms with Crippen LogP contribution in [0.2, 0.25) is 0 Å². The lowest BCUT2D eigenvalue weighted by Crippen LogP contribution is -2.22. The van der Waals surface area contributed by atoms with Crippen molar-refractivity contribution in [1.29, 1.82) is 0 Å². The van der Waals surface area contributed by atoms with Gasteiger partial charge in [0.1, 0.15) is 6.04 Å². The highest BCUT2D eigenvalue weighted by molar-refractivity contribution is 6.31. The summed E-state index contributed by atoms with van der Waals surface area (Å²) in [5, 5.41) is 3.52. The van der Waals surface area contributed by atoms with Gasteiger partial charge in [-0.15, -0.1) is 0 Å². The molecule has 1 unspecified atom stereocenters. The predicted octanol–water partition coefficient (Wildman–Crippen LogP) is -0.467. The van der Waals surface area contributed by atoms with Crippen LogP contribution in [0.25, 0.3) is 0 Å². The van der Waals surface area contributed by atoms with Crippen LogP contribution in [0, 0.1) is 0 Å². The van der Waals surface area contributed by atoms with Gasteiger partial charge in [0.15, 0.2) is 5.78 Å². The molecular formula is C4H6N2O. The molecule has 0 saturated carbocycles. The molecule has 0 aromatic carbocycles. The van der Waals surface area contributed by atoms with E-state index in [-0.39, 0.29) is 11.8 Å². The third kappa shape index (κ3) is 0.607. The van der Waals surface area contributed by atoms with Crippen LogP contribution < -0.4 is 5.43 Å². The maximum Gasteiger partial charge on any atom is 0.199 e. The van der Waals surface area contributed by atoms with Crippen molar-refractivity contribution in [2.45, 2.75) is 13.0 Å². The number of ketones is 1. The van der Waals surface area contributed by atoms with E-state index in [9.17, 15) is 4.79 Å². The fourth-order valence-corrected chi connectivity index (χ4v) is 0.388. The number of hydrogen-bond donors (Lipinski definition) is 1. The van der Waals surface area contributed by atoms with Crippen molar-refractivity contribution in [2.24, 2.45) is 5.10 Å². The summed E-state index contributed by atoms with van der Waals surface area (Å²) < 4.78 is 0. The van der Waals surface area contributed by atoms with Crippen molar-refractivity contribution >= 4 is 12.0 Å². The average Bonchev–Trinajstić information content (AvgIpc) is 1.91. The maximum atomic E-state index is 10.4. The van der Waals surface area contributed by atoms with E-state index in [2.05, 4.69) is 10.5 Å². The smallest absolute Gasteiger partial charge is 0.199 e. The monoisotopic (exact) mass is 98.0 g/mol. The van der Waals surface area contributed by atoms with Crippen LogP contribution in [-0.4, -0.2) is 18.0 Å². The fourth-order valence-electron chi connectivity index (χ4n) is 0.388. The predicted molar refractivity (Wildman–Crippen MR) is 26.1 cm³/mol. The zero-order valence-electron chi connectivity index (χ0n) is 4.01. The van der Waals surface area contributed by atoms with Crippen molar-refractivity contribution in [3.63, 3.8) is 0 Å². The molecule has 1 N–H and O–H groups in total. The van der Waals surface area contributed by atoms with Gasteiger partial charge in [0.2, 0.25) is 0 Å². The Morgan fingerprint density at radius 1 is 2.00 bits per heavy atom. The molecule has 1 heterocycles. The number of nitrogens with zero attached hydrogens (tertiary/aromatic N) is 1. The Balaban J connectivity index is 2.62. The highest BCUT2D eigenvalue weighted by atomic mass is 16.1. The summed E-state index contributed by atoms with van der Waals surface area (Å²) >= 11 is 0. The number of Topliss-reactive ketones (excluding diaryl/α,β-unsaturated/α-hetero) is 1. The second kappa shape index (κ2) is 1.33. The molecule has 0 aromatic heterocycles. The summed E-state index contributed by atoms with van der Waals surface area (Å²) in [6, 6.07) is -0.0972. The van der Waals surface area contributed by atoms with Crippen LogP contribution in [-0.2, 0) is 4.79 Å². The first kappa shape index (κ1) is 4.30. The van der Waals surface area contributed by atoms with E-state index in [1.807, 2.05) is 0 Å². The maximum absolute atomic E-state index is 10.4. The highest BCUT2D eigenvalue weighted by Crippen LogP contribution is 1.86. The summed E-state index contributed by atoms with van der Waals surface area (Å²) in [4.78, 5) is 10.4.